The summed E-state index contributed by atoms with van der Waals surface area (Å²) in [4.78, 5) is 30.4. The first-order valence-corrected chi connectivity index (χ1v) is 12.1. The van der Waals surface area contributed by atoms with Gasteiger partial charge in [-0.2, -0.15) is 5.10 Å². The molecule has 1 aromatic carbocycles. The molecular formula is C25H23FN7O3Si. The number of halogens is 1. The van der Waals surface area contributed by atoms with Crippen molar-refractivity contribution < 1.29 is 19.1 Å². The van der Waals surface area contributed by atoms with Crippen molar-refractivity contribution in [3.8, 4) is 24.2 Å². The number of rotatable bonds is 5. The molecule has 3 radical (unpaired) electrons. The lowest BCUT2D eigenvalue weighted by Gasteiger charge is -2.26. The Bertz CT molecular complexity index is 1540. The van der Waals surface area contributed by atoms with E-state index in [9.17, 15) is 19.1 Å². The number of hydrogen-bond acceptors (Lipinski definition) is 6. The Hall–Kier alpha value is -4.13. The van der Waals surface area contributed by atoms with E-state index in [-0.39, 0.29) is 42.2 Å². The summed E-state index contributed by atoms with van der Waals surface area (Å²) in [6.45, 7) is -0.252. The van der Waals surface area contributed by atoms with Crippen LogP contribution in [0, 0.1) is 30.0 Å². The Labute approximate surface area is 215 Å². The van der Waals surface area contributed by atoms with Gasteiger partial charge in [-0.25, -0.2) is 14.1 Å². The van der Waals surface area contributed by atoms with E-state index in [4.69, 9.17) is 12.2 Å². The molecule has 0 unspecified atom stereocenters. The molecular weight excluding hydrogens is 493 g/mol. The minimum absolute atomic E-state index is 0.00870. The molecule has 2 amide bonds. The fraction of sp³-hybridized carbons (Fsp3) is 0.360. The molecule has 2 fully saturated rings. The van der Waals surface area contributed by atoms with Gasteiger partial charge in [-0.05, 0) is 37.2 Å². The maximum atomic E-state index is 15.0. The van der Waals surface area contributed by atoms with Crippen molar-refractivity contribution in [2.75, 3.05) is 25.5 Å². The summed E-state index contributed by atoms with van der Waals surface area (Å²) >= 11 is 0. The van der Waals surface area contributed by atoms with Crippen LogP contribution in [0.25, 0.3) is 11.0 Å². The highest BCUT2D eigenvalue weighted by Crippen LogP contribution is 2.38. The fourth-order valence-corrected chi connectivity index (χ4v) is 5.37. The van der Waals surface area contributed by atoms with Crippen LogP contribution < -0.4 is 11.1 Å². The van der Waals surface area contributed by atoms with Gasteiger partial charge in [-0.3, -0.25) is 9.59 Å². The number of fused-ring (bicyclic) bond motifs is 1. The van der Waals surface area contributed by atoms with Crippen molar-refractivity contribution in [3.05, 3.63) is 41.1 Å². The Morgan fingerprint density at radius 1 is 1.38 bits per heavy atom. The third-order valence-corrected chi connectivity index (χ3v) is 7.31. The topological polar surface area (TPSA) is 131 Å². The van der Waals surface area contributed by atoms with Crippen LogP contribution in [0.3, 0.4) is 0 Å². The highest BCUT2D eigenvalue weighted by Gasteiger charge is 2.46. The summed E-state index contributed by atoms with van der Waals surface area (Å²) in [5.74, 6) is 5.97. The third-order valence-electron chi connectivity index (χ3n) is 6.73. The molecule has 4 N–H and O–H groups in total. The Balaban J connectivity index is 1.56. The van der Waals surface area contributed by atoms with Crippen molar-refractivity contribution in [2.45, 2.75) is 36.5 Å². The number of carbonyl (C=O) groups excluding carboxylic acids is 2. The van der Waals surface area contributed by atoms with E-state index in [0.717, 1.165) is 12.8 Å². The number of carbonyl (C=O) groups is 2. The van der Waals surface area contributed by atoms with Gasteiger partial charge in [-0.15, -0.1) is 6.42 Å². The molecule has 12 heteroatoms. The highest BCUT2D eigenvalue weighted by atomic mass is 28.1. The van der Waals surface area contributed by atoms with Gasteiger partial charge in [0.2, 0.25) is 0 Å². The van der Waals surface area contributed by atoms with Crippen LogP contribution in [-0.2, 0) is 9.96 Å². The lowest BCUT2D eigenvalue weighted by Crippen LogP contribution is -2.41. The van der Waals surface area contributed by atoms with Crippen molar-refractivity contribution in [3.63, 3.8) is 0 Å². The maximum Gasteiger partial charge on any atom is 0.298 e. The number of anilines is 1. The van der Waals surface area contributed by atoms with E-state index in [1.165, 1.54) is 15.6 Å². The molecule has 37 heavy (non-hydrogen) atoms. The number of aromatic nitrogens is 4. The molecule has 187 valence electrons. The number of aliphatic hydroxyl groups excluding tert-OH is 1. The second-order valence-corrected chi connectivity index (χ2v) is 10.1. The smallest absolute Gasteiger partial charge is 0.298 e. The van der Waals surface area contributed by atoms with Crippen LogP contribution in [0.5, 0.6) is 0 Å². The summed E-state index contributed by atoms with van der Waals surface area (Å²) in [6.07, 6.45) is 9.33. The Morgan fingerprint density at radius 3 is 2.76 bits per heavy atom. The molecule has 3 heterocycles. The van der Waals surface area contributed by atoms with Crippen LogP contribution in [0.4, 0.5) is 10.2 Å². The number of primary amides is 1. The quantitative estimate of drug-likeness (QED) is 0.330. The van der Waals surface area contributed by atoms with Gasteiger partial charge in [0.15, 0.2) is 5.69 Å². The van der Waals surface area contributed by atoms with Crippen molar-refractivity contribution in [1.29, 1.82) is 0 Å². The highest BCUT2D eigenvalue weighted by molar-refractivity contribution is 6.15. The minimum Gasteiger partial charge on any atom is -0.394 e. The molecule has 1 saturated heterocycles. The van der Waals surface area contributed by atoms with Gasteiger partial charge in [0.1, 0.15) is 17.2 Å². The number of likely N-dealkylation sites (tertiary alicyclic amines) is 1. The van der Waals surface area contributed by atoms with Crippen LogP contribution in [0.1, 0.15) is 46.9 Å². The fourth-order valence-electron chi connectivity index (χ4n) is 4.81. The molecule has 3 aromatic rings. The third kappa shape index (κ3) is 4.14. The first-order chi connectivity index (χ1) is 17.7. The van der Waals surface area contributed by atoms with E-state index in [1.54, 1.807) is 19.4 Å². The second-order valence-electron chi connectivity index (χ2n) is 9.20. The molecule has 2 aliphatic rings. The van der Waals surface area contributed by atoms with Gasteiger partial charge in [0.25, 0.3) is 11.8 Å². The lowest BCUT2D eigenvalue weighted by atomic mass is 10.1. The number of terminal acetylenes is 1. The average Bonchev–Trinajstić information content (AvgIpc) is 3.37. The van der Waals surface area contributed by atoms with Gasteiger partial charge < -0.3 is 25.6 Å². The van der Waals surface area contributed by atoms with Crippen LogP contribution in [0.15, 0.2) is 18.5 Å². The van der Waals surface area contributed by atoms with E-state index in [2.05, 4.69) is 43.4 Å². The number of benzene rings is 1. The molecule has 0 spiro atoms. The molecule has 2 atom stereocenters. The summed E-state index contributed by atoms with van der Waals surface area (Å²) in [6, 6.07) is 2.76. The Kier molecular flexibility index (Phi) is 6.02. The molecule has 1 saturated carbocycles. The molecule has 1 aliphatic carbocycles. The minimum atomic E-state index is -1.03. The van der Waals surface area contributed by atoms with Crippen LogP contribution >= 0.6 is 0 Å². The summed E-state index contributed by atoms with van der Waals surface area (Å²) < 4.78 is 18.4. The predicted molar refractivity (Wildman–Crippen MR) is 134 cm³/mol. The Morgan fingerprint density at radius 2 is 2.14 bits per heavy atom. The van der Waals surface area contributed by atoms with E-state index >= 15 is 0 Å². The summed E-state index contributed by atoms with van der Waals surface area (Å²) in [7, 11) is 5.28. The monoisotopic (exact) mass is 516 g/mol. The first-order valence-electron chi connectivity index (χ1n) is 11.6. The largest absolute Gasteiger partial charge is 0.394 e. The zero-order valence-corrected chi connectivity index (χ0v) is 21.0. The summed E-state index contributed by atoms with van der Waals surface area (Å²) in [5.41, 5.74) is 7.13. The van der Waals surface area contributed by atoms with Crippen molar-refractivity contribution >= 4 is 38.9 Å². The predicted octanol–water partition coefficient (Wildman–Crippen LogP) is 0.295. The van der Waals surface area contributed by atoms with Crippen LogP contribution in [0.2, 0.25) is 0 Å². The number of nitrogens with two attached hydrogens (primary N) is 1. The second kappa shape index (κ2) is 9.07. The van der Waals surface area contributed by atoms with E-state index in [0.29, 0.717) is 17.1 Å². The van der Waals surface area contributed by atoms with Gasteiger partial charge >= 0.3 is 0 Å². The lowest BCUT2D eigenvalue weighted by molar-refractivity contribution is -0.126. The zero-order chi connectivity index (χ0) is 26.5. The van der Waals surface area contributed by atoms with Crippen molar-refractivity contribution in [2.24, 2.45) is 5.73 Å². The number of imidazole rings is 1. The number of nitrogens with zero attached hydrogens (tertiary/aromatic N) is 5. The molecule has 10 nitrogen and oxygen atoms in total. The maximum absolute atomic E-state index is 15.0. The number of amides is 2. The summed E-state index contributed by atoms with van der Waals surface area (Å²) in [5, 5.41) is 16.2. The van der Waals surface area contributed by atoms with Gasteiger partial charge in [0.05, 0.1) is 51.0 Å². The number of nitrogens with one attached hydrogen (secondary N) is 1. The van der Waals surface area contributed by atoms with Gasteiger partial charge in [0, 0.05) is 25.7 Å². The average molecular weight is 517 g/mol. The van der Waals surface area contributed by atoms with Crippen LogP contribution in [-0.4, -0.2) is 77.6 Å². The molecule has 2 aromatic heterocycles. The zero-order valence-electron chi connectivity index (χ0n) is 20.0. The molecule has 0 bridgehead atoms. The number of hydrogen-bond donors (Lipinski definition) is 3. The number of aliphatic hydroxyl groups is 1. The molecule has 1 aliphatic heterocycles. The first kappa shape index (κ1) is 24.6. The SMILES string of the molecule is C#CC(=O)N1C[C@@]([Si])(n2nc(C#Cc3cc4ncn(C5CC5)c4cc3F)c(C(N)=O)c2NC)C[C@@H]1CO. The van der Waals surface area contributed by atoms with Crippen molar-refractivity contribution in [1.82, 2.24) is 24.2 Å². The van der Waals surface area contributed by atoms with E-state index in [1.807, 2.05) is 4.57 Å². The van der Waals surface area contributed by atoms with Gasteiger partial charge in [-0.1, -0.05) is 5.92 Å². The normalized spacial score (nSPS) is 20.9. The standard InChI is InChI=1S/C25H23FN7O3Si/c1-3-21(35)31-12-25(37,10-16(31)11-34)33-24(28-2)22(23(27)36)18(30-33)7-4-14-8-19-20(9-17(14)26)32(13-29-19)15-5-6-15/h1,8-9,13,15-16,28,34H,5-6,10-12H2,2H3,(H2,27,36)/t16-,25-/m1/s1. The molecule has 5 rings (SSSR count). The van der Waals surface area contributed by atoms with E-state index < -0.39 is 28.8 Å².